The van der Waals surface area contributed by atoms with E-state index in [-0.39, 0.29) is 0 Å². The van der Waals surface area contributed by atoms with Crippen LogP contribution in [-0.2, 0) is 13.0 Å². The molecule has 0 saturated heterocycles. The van der Waals surface area contributed by atoms with E-state index in [4.69, 9.17) is 11.1 Å². The number of aryl methyl sites for hydroxylation is 1. The van der Waals surface area contributed by atoms with E-state index in [9.17, 15) is 0 Å². The van der Waals surface area contributed by atoms with E-state index in [1.807, 2.05) is 19.1 Å². The van der Waals surface area contributed by atoms with Crippen LogP contribution in [0.2, 0.25) is 0 Å². The SMILES string of the molecule is CCc1cc(CN)ccc1C(C)=N. The predicted octanol–water partition coefficient (Wildman–Crippen LogP) is 2.10. The third-order valence-electron chi connectivity index (χ3n) is 2.19. The lowest BCUT2D eigenvalue weighted by Crippen LogP contribution is -2.02. The summed E-state index contributed by atoms with van der Waals surface area (Å²) in [5.74, 6) is 0. The van der Waals surface area contributed by atoms with Crippen LogP contribution < -0.4 is 5.73 Å². The summed E-state index contributed by atoms with van der Waals surface area (Å²) in [6, 6.07) is 6.07. The molecule has 0 unspecified atom stereocenters. The van der Waals surface area contributed by atoms with Crippen molar-refractivity contribution in [2.75, 3.05) is 0 Å². The van der Waals surface area contributed by atoms with Crippen LogP contribution in [0, 0.1) is 5.41 Å². The monoisotopic (exact) mass is 176 g/mol. The highest BCUT2D eigenvalue weighted by molar-refractivity contribution is 5.97. The van der Waals surface area contributed by atoms with Crippen LogP contribution in [0.3, 0.4) is 0 Å². The Labute approximate surface area is 79.3 Å². The van der Waals surface area contributed by atoms with Gasteiger partial charge in [0.15, 0.2) is 0 Å². The molecule has 13 heavy (non-hydrogen) atoms. The number of benzene rings is 1. The third-order valence-corrected chi connectivity index (χ3v) is 2.19. The highest BCUT2D eigenvalue weighted by Gasteiger charge is 2.02. The molecule has 0 aliphatic rings. The van der Waals surface area contributed by atoms with Crippen molar-refractivity contribution in [2.24, 2.45) is 5.73 Å². The molecule has 0 saturated carbocycles. The van der Waals surface area contributed by atoms with Crippen molar-refractivity contribution in [3.8, 4) is 0 Å². The highest BCUT2D eigenvalue weighted by atomic mass is 14.5. The standard InChI is InChI=1S/C11H16N2/c1-3-10-6-9(7-12)4-5-11(10)8(2)13/h4-6,13H,3,7,12H2,1-2H3. The van der Waals surface area contributed by atoms with Gasteiger partial charge in [-0.15, -0.1) is 0 Å². The van der Waals surface area contributed by atoms with Gasteiger partial charge in [-0.2, -0.15) is 0 Å². The van der Waals surface area contributed by atoms with Crippen LogP contribution in [0.15, 0.2) is 18.2 Å². The molecule has 0 bridgehead atoms. The van der Waals surface area contributed by atoms with Crippen molar-refractivity contribution in [3.63, 3.8) is 0 Å². The Kier molecular flexibility index (Phi) is 3.20. The first-order valence-electron chi connectivity index (χ1n) is 4.56. The molecule has 0 spiro atoms. The first-order chi connectivity index (χ1) is 6.19. The summed E-state index contributed by atoms with van der Waals surface area (Å²) in [7, 11) is 0. The molecule has 1 rings (SSSR count). The average Bonchev–Trinajstić information content (AvgIpc) is 2.16. The highest BCUT2D eigenvalue weighted by Crippen LogP contribution is 2.13. The first-order valence-corrected chi connectivity index (χ1v) is 4.56. The maximum absolute atomic E-state index is 7.58. The summed E-state index contributed by atoms with van der Waals surface area (Å²) in [5, 5.41) is 7.58. The quantitative estimate of drug-likeness (QED) is 0.681. The number of nitrogens with two attached hydrogens (primary N) is 1. The van der Waals surface area contributed by atoms with Gasteiger partial charge in [-0.25, -0.2) is 0 Å². The Morgan fingerprint density at radius 2 is 2.15 bits per heavy atom. The zero-order chi connectivity index (χ0) is 9.84. The van der Waals surface area contributed by atoms with Gasteiger partial charge >= 0.3 is 0 Å². The van der Waals surface area contributed by atoms with Gasteiger partial charge in [-0.05, 0) is 30.0 Å². The van der Waals surface area contributed by atoms with Crippen LogP contribution in [0.4, 0.5) is 0 Å². The summed E-state index contributed by atoms with van der Waals surface area (Å²) in [6.45, 7) is 4.49. The predicted molar refractivity (Wildman–Crippen MR) is 56.2 cm³/mol. The fourth-order valence-electron chi connectivity index (χ4n) is 1.43. The molecule has 0 aromatic heterocycles. The molecule has 0 amide bonds. The molecule has 2 heteroatoms. The van der Waals surface area contributed by atoms with Gasteiger partial charge in [0.2, 0.25) is 0 Å². The number of hydrogen-bond donors (Lipinski definition) is 2. The minimum Gasteiger partial charge on any atom is -0.326 e. The van der Waals surface area contributed by atoms with E-state index < -0.39 is 0 Å². The minimum atomic E-state index is 0.574. The van der Waals surface area contributed by atoms with Crippen LogP contribution in [0.1, 0.15) is 30.5 Å². The summed E-state index contributed by atoms with van der Waals surface area (Å²) in [4.78, 5) is 0. The second-order valence-corrected chi connectivity index (χ2v) is 3.17. The van der Waals surface area contributed by atoms with E-state index in [0.717, 1.165) is 17.5 Å². The van der Waals surface area contributed by atoms with Crippen LogP contribution in [-0.4, -0.2) is 5.71 Å². The van der Waals surface area contributed by atoms with Gasteiger partial charge in [0.25, 0.3) is 0 Å². The lowest BCUT2D eigenvalue weighted by atomic mass is 9.99. The van der Waals surface area contributed by atoms with Gasteiger partial charge in [-0.3, -0.25) is 0 Å². The molecule has 1 aromatic carbocycles. The van der Waals surface area contributed by atoms with Gasteiger partial charge in [-0.1, -0.05) is 25.1 Å². The largest absolute Gasteiger partial charge is 0.326 e. The molecule has 2 nitrogen and oxygen atoms in total. The van der Waals surface area contributed by atoms with Crippen LogP contribution in [0.25, 0.3) is 0 Å². The topological polar surface area (TPSA) is 49.9 Å². The minimum absolute atomic E-state index is 0.574. The van der Waals surface area contributed by atoms with E-state index >= 15 is 0 Å². The Bertz CT molecular complexity index is 316. The van der Waals surface area contributed by atoms with Gasteiger partial charge in [0.1, 0.15) is 0 Å². The summed E-state index contributed by atoms with van der Waals surface area (Å²) < 4.78 is 0. The Balaban J connectivity index is 3.15. The molecule has 0 atom stereocenters. The number of nitrogens with one attached hydrogen (secondary N) is 1. The van der Waals surface area contributed by atoms with Crippen LogP contribution in [0.5, 0.6) is 0 Å². The first kappa shape index (κ1) is 9.93. The summed E-state index contributed by atoms with van der Waals surface area (Å²) in [5.41, 5.74) is 9.57. The van der Waals surface area contributed by atoms with E-state index in [2.05, 4.69) is 13.0 Å². The molecule has 0 fully saturated rings. The van der Waals surface area contributed by atoms with Crippen molar-refractivity contribution >= 4 is 5.71 Å². The maximum atomic E-state index is 7.58. The lowest BCUT2D eigenvalue weighted by molar-refractivity contribution is 1.04. The van der Waals surface area contributed by atoms with Crippen molar-refractivity contribution < 1.29 is 0 Å². The van der Waals surface area contributed by atoms with Gasteiger partial charge in [0.05, 0.1) is 0 Å². The zero-order valence-electron chi connectivity index (χ0n) is 8.22. The molecule has 3 N–H and O–H groups in total. The molecule has 1 aromatic rings. The van der Waals surface area contributed by atoms with Crippen LogP contribution >= 0.6 is 0 Å². The Morgan fingerprint density at radius 3 is 2.62 bits per heavy atom. The molecule has 0 heterocycles. The molecular weight excluding hydrogens is 160 g/mol. The van der Waals surface area contributed by atoms with E-state index in [0.29, 0.717) is 12.3 Å². The Morgan fingerprint density at radius 1 is 1.46 bits per heavy atom. The third kappa shape index (κ3) is 2.16. The molecule has 0 aliphatic heterocycles. The van der Waals surface area contributed by atoms with Crippen molar-refractivity contribution in [1.82, 2.24) is 0 Å². The fourth-order valence-corrected chi connectivity index (χ4v) is 1.43. The smallest absolute Gasteiger partial charge is 0.0357 e. The second kappa shape index (κ2) is 4.19. The molecular formula is C11H16N2. The maximum Gasteiger partial charge on any atom is 0.0357 e. The second-order valence-electron chi connectivity index (χ2n) is 3.17. The van der Waals surface area contributed by atoms with Gasteiger partial charge < -0.3 is 11.1 Å². The van der Waals surface area contributed by atoms with E-state index in [1.165, 1.54) is 5.56 Å². The molecule has 70 valence electrons. The Hall–Kier alpha value is -1.15. The number of rotatable bonds is 3. The molecule has 0 radical (unpaired) electrons. The van der Waals surface area contributed by atoms with Crippen molar-refractivity contribution in [2.45, 2.75) is 26.8 Å². The average molecular weight is 176 g/mol. The molecule has 0 aliphatic carbocycles. The zero-order valence-corrected chi connectivity index (χ0v) is 8.22. The fraction of sp³-hybridized carbons (Fsp3) is 0.364. The number of hydrogen-bond acceptors (Lipinski definition) is 2. The normalized spacial score (nSPS) is 10.1. The van der Waals surface area contributed by atoms with E-state index in [1.54, 1.807) is 0 Å². The van der Waals surface area contributed by atoms with Crippen molar-refractivity contribution in [1.29, 1.82) is 5.41 Å². The summed E-state index contributed by atoms with van der Waals surface area (Å²) >= 11 is 0. The van der Waals surface area contributed by atoms with Gasteiger partial charge in [0, 0.05) is 12.3 Å². The lowest BCUT2D eigenvalue weighted by Gasteiger charge is -2.07. The van der Waals surface area contributed by atoms with Crippen molar-refractivity contribution in [3.05, 3.63) is 34.9 Å². The summed E-state index contributed by atoms with van der Waals surface area (Å²) in [6.07, 6.45) is 0.958.